The van der Waals surface area contributed by atoms with E-state index in [-0.39, 0.29) is 17.2 Å². The molecule has 0 spiro atoms. The zero-order chi connectivity index (χ0) is 23.7. The van der Waals surface area contributed by atoms with E-state index in [1.807, 2.05) is 4.90 Å². The molecule has 0 N–H and O–H groups in total. The molecule has 34 heavy (non-hydrogen) atoms. The summed E-state index contributed by atoms with van der Waals surface area (Å²) < 4.78 is 1.69. The van der Waals surface area contributed by atoms with Crippen molar-refractivity contribution in [1.29, 1.82) is 0 Å². The number of nitrogens with zero attached hydrogens (tertiary/aromatic N) is 4. The molecule has 1 fully saturated rings. The Bertz CT molecular complexity index is 1290. The summed E-state index contributed by atoms with van der Waals surface area (Å²) in [5.74, 6) is 0.379. The zero-order valence-corrected chi connectivity index (χ0v) is 21.2. The number of aromatic nitrogens is 2. The van der Waals surface area contributed by atoms with Crippen LogP contribution in [0.25, 0.3) is 10.2 Å². The summed E-state index contributed by atoms with van der Waals surface area (Å²) in [6.07, 6.45) is 6.02. The molecule has 2 aliphatic rings. The Hall–Kier alpha value is -2.58. The summed E-state index contributed by atoms with van der Waals surface area (Å²) in [4.78, 5) is 37.6. The van der Waals surface area contributed by atoms with Crippen molar-refractivity contribution >= 4 is 44.9 Å². The van der Waals surface area contributed by atoms with Crippen LogP contribution in [0.2, 0.25) is 0 Å². The normalized spacial score (nSPS) is 16.0. The first-order valence-corrected chi connectivity index (χ1v) is 13.7. The molecule has 5 rings (SSSR count). The van der Waals surface area contributed by atoms with Crippen LogP contribution >= 0.6 is 23.1 Å². The maximum absolute atomic E-state index is 13.4. The Balaban J connectivity index is 1.29. The van der Waals surface area contributed by atoms with Gasteiger partial charge in [0.25, 0.3) is 5.56 Å². The molecule has 0 unspecified atom stereocenters. The highest BCUT2D eigenvalue weighted by Crippen LogP contribution is 2.34. The maximum Gasteiger partial charge on any atom is 0.263 e. The van der Waals surface area contributed by atoms with Crippen molar-refractivity contribution in [3.63, 3.8) is 0 Å². The molecule has 6 nitrogen and oxygen atoms in total. The Morgan fingerprint density at radius 1 is 1.21 bits per heavy atom. The number of piperazine rings is 1. The van der Waals surface area contributed by atoms with Crippen LogP contribution in [0.1, 0.15) is 28.8 Å². The third kappa shape index (κ3) is 4.53. The number of allylic oxidation sites excluding steroid dienone is 1. The molecule has 178 valence electrons. The SMILES string of the molecule is C=CCn1c(SCC(=O)N2CCN(c3cccc(C)c3)CC2)nc2sc3c(c2c1=O)CCCC3. The van der Waals surface area contributed by atoms with Gasteiger partial charge in [-0.25, -0.2) is 4.98 Å². The lowest BCUT2D eigenvalue weighted by Crippen LogP contribution is -2.49. The average Bonchev–Trinajstić information content (AvgIpc) is 3.23. The van der Waals surface area contributed by atoms with Gasteiger partial charge in [0.15, 0.2) is 5.16 Å². The number of carbonyl (C=O) groups excluding carboxylic acids is 1. The van der Waals surface area contributed by atoms with Crippen LogP contribution in [-0.2, 0) is 24.2 Å². The standard InChI is InChI=1S/C26H30N4O2S2/c1-3-11-30-25(32)23-20-9-4-5-10-21(20)34-24(23)27-26(30)33-17-22(31)29-14-12-28(13-15-29)19-8-6-7-18(2)16-19/h3,6-8,16H,1,4-5,9-15,17H2,2H3. The third-order valence-electron chi connectivity index (χ3n) is 6.68. The van der Waals surface area contributed by atoms with Gasteiger partial charge in [-0.3, -0.25) is 14.2 Å². The fourth-order valence-electron chi connectivity index (χ4n) is 4.88. The summed E-state index contributed by atoms with van der Waals surface area (Å²) in [6.45, 7) is 9.39. The second-order valence-corrected chi connectivity index (χ2v) is 11.0. The van der Waals surface area contributed by atoms with Crippen molar-refractivity contribution in [3.05, 3.63) is 63.3 Å². The predicted molar refractivity (Wildman–Crippen MR) is 141 cm³/mol. The molecule has 1 aliphatic carbocycles. The molecule has 1 amide bonds. The quantitative estimate of drug-likeness (QED) is 0.291. The van der Waals surface area contributed by atoms with E-state index in [9.17, 15) is 9.59 Å². The number of aryl methyl sites for hydroxylation is 3. The molecule has 1 aromatic carbocycles. The lowest BCUT2D eigenvalue weighted by atomic mass is 9.97. The van der Waals surface area contributed by atoms with Crippen LogP contribution in [-0.4, -0.2) is 52.3 Å². The molecule has 0 radical (unpaired) electrons. The van der Waals surface area contributed by atoms with Crippen molar-refractivity contribution < 1.29 is 4.79 Å². The molecule has 0 bridgehead atoms. The molecule has 1 saturated heterocycles. The van der Waals surface area contributed by atoms with Crippen LogP contribution in [0.5, 0.6) is 0 Å². The summed E-state index contributed by atoms with van der Waals surface area (Å²) in [5, 5.41) is 1.40. The zero-order valence-electron chi connectivity index (χ0n) is 19.6. The summed E-state index contributed by atoms with van der Waals surface area (Å²) >= 11 is 3.02. The molecule has 3 aromatic rings. The first-order chi connectivity index (χ1) is 16.5. The molecular formula is C26H30N4O2S2. The van der Waals surface area contributed by atoms with Gasteiger partial charge in [-0.1, -0.05) is 30.0 Å². The number of hydrogen-bond donors (Lipinski definition) is 0. The van der Waals surface area contributed by atoms with Gasteiger partial charge >= 0.3 is 0 Å². The topological polar surface area (TPSA) is 58.4 Å². The van der Waals surface area contributed by atoms with Crippen molar-refractivity contribution in [2.75, 3.05) is 36.8 Å². The van der Waals surface area contributed by atoms with E-state index in [4.69, 9.17) is 4.98 Å². The van der Waals surface area contributed by atoms with E-state index in [1.165, 1.54) is 39.9 Å². The van der Waals surface area contributed by atoms with Crippen LogP contribution in [0.3, 0.4) is 0 Å². The number of carbonyl (C=O) groups is 1. The van der Waals surface area contributed by atoms with Crippen molar-refractivity contribution in [2.24, 2.45) is 0 Å². The lowest BCUT2D eigenvalue weighted by Gasteiger charge is -2.36. The van der Waals surface area contributed by atoms with Crippen molar-refractivity contribution in [3.8, 4) is 0 Å². The summed E-state index contributed by atoms with van der Waals surface area (Å²) in [7, 11) is 0. The predicted octanol–water partition coefficient (Wildman–Crippen LogP) is 4.27. The van der Waals surface area contributed by atoms with Crippen LogP contribution < -0.4 is 10.5 Å². The highest BCUT2D eigenvalue weighted by Gasteiger charge is 2.24. The molecule has 0 saturated carbocycles. The molecule has 8 heteroatoms. The Morgan fingerprint density at radius 2 is 2.00 bits per heavy atom. The van der Waals surface area contributed by atoms with Gasteiger partial charge in [0.05, 0.1) is 11.1 Å². The fourth-order valence-corrected chi connectivity index (χ4v) is 7.09. The van der Waals surface area contributed by atoms with Gasteiger partial charge < -0.3 is 9.80 Å². The first-order valence-electron chi connectivity index (χ1n) is 11.9. The maximum atomic E-state index is 13.4. The molecule has 2 aromatic heterocycles. The lowest BCUT2D eigenvalue weighted by molar-refractivity contribution is -0.128. The number of fused-ring (bicyclic) bond motifs is 3. The third-order valence-corrected chi connectivity index (χ3v) is 8.82. The van der Waals surface area contributed by atoms with Gasteiger partial charge in [-0.05, 0) is 55.9 Å². The molecule has 3 heterocycles. The van der Waals surface area contributed by atoms with E-state index in [0.29, 0.717) is 24.8 Å². The smallest absolute Gasteiger partial charge is 0.263 e. The van der Waals surface area contributed by atoms with Gasteiger partial charge in [-0.15, -0.1) is 17.9 Å². The van der Waals surface area contributed by atoms with Gasteiger partial charge in [0.1, 0.15) is 4.83 Å². The Labute approximate surface area is 208 Å². The number of anilines is 1. The number of thioether (sulfide) groups is 1. The van der Waals surface area contributed by atoms with Gasteiger partial charge in [0, 0.05) is 43.3 Å². The number of thiophene rings is 1. The largest absolute Gasteiger partial charge is 0.368 e. The summed E-state index contributed by atoms with van der Waals surface area (Å²) in [6, 6.07) is 8.50. The molecule has 0 atom stereocenters. The number of rotatable bonds is 6. The molecule has 1 aliphatic heterocycles. The van der Waals surface area contributed by atoms with Crippen molar-refractivity contribution in [1.82, 2.24) is 14.5 Å². The number of amides is 1. The van der Waals surface area contributed by atoms with Crippen molar-refractivity contribution in [2.45, 2.75) is 44.3 Å². The minimum absolute atomic E-state index is 0.00557. The van der Waals surface area contributed by atoms with E-state index in [2.05, 4.69) is 42.7 Å². The van der Waals surface area contributed by atoms with E-state index in [0.717, 1.165) is 42.6 Å². The number of hydrogen-bond acceptors (Lipinski definition) is 6. The average molecular weight is 495 g/mol. The Kier molecular flexibility index (Phi) is 6.79. The van der Waals surface area contributed by atoms with E-state index >= 15 is 0 Å². The molecular weight excluding hydrogens is 464 g/mol. The van der Waals surface area contributed by atoms with Crippen LogP contribution in [0.15, 0.2) is 46.9 Å². The monoisotopic (exact) mass is 494 g/mol. The second kappa shape index (κ2) is 9.96. The summed E-state index contributed by atoms with van der Waals surface area (Å²) in [5.41, 5.74) is 3.66. The highest BCUT2D eigenvalue weighted by atomic mass is 32.2. The second-order valence-electron chi connectivity index (χ2n) is 8.99. The van der Waals surface area contributed by atoms with Crippen LogP contribution in [0.4, 0.5) is 5.69 Å². The Morgan fingerprint density at radius 3 is 2.76 bits per heavy atom. The minimum atomic E-state index is 0.00557. The highest BCUT2D eigenvalue weighted by molar-refractivity contribution is 7.99. The number of benzene rings is 1. The van der Waals surface area contributed by atoms with Gasteiger partial charge in [-0.2, -0.15) is 0 Å². The minimum Gasteiger partial charge on any atom is -0.368 e. The van der Waals surface area contributed by atoms with E-state index < -0.39 is 0 Å². The fraction of sp³-hybridized carbons (Fsp3) is 0.423. The van der Waals surface area contributed by atoms with Crippen LogP contribution in [0, 0.1) is 6.92 Å². The first kappa shape index (κ1) is 23.2. The van der Waals surface area contributed by atoms with Gasteiger partial charge in [0.2, 0.25) is 5.91 Å². The van der Waals surface area contributed by atoms with E-state index in [1.54, 1.807) is 22.0 Å².